The maximum Gasteiger partial charge on any atom is 0.233 e. The molecule has 2 rings (SSSR count). The molecule has 1 aliphatic heterocycles. The van der Waals surface area contributed by atoms with Crippen LogP contribution in [0.5, 0.6) is 0 Å². The van der Waals surface area contributed by atoms with Crippen LogP contribution in [0.4, 0.5) is 5.69 Å². The first-order chi connectivity index (χ1) is 11.1. The maximum absolute atomic E-state index is 12.4. The molecule has 1 saturated heterocycles. The zero-order chi connectivity index (χ0) is 18.0. The lowest BCUT2D eigenvalue weighted by molar-refractivity contribution is -0.121. The normalized spacial score (nSPS) is 16.9. The smallest absolute Gasteiger partial charge is 0.233 e. The van der Waals surface area contributed by atoms with Crippen LogP contribution in [-0.4, -0.2) is 68.7 Å². The van der Waals surface area contributed by atoms with Gasteiger partial charge in [0.15, 0.2) is 14.9 Å². The van der Waals surface area contributed by atoms with Crippen LogP contribution >= 0.6 is 0 Å². The molecule has 2 heterocycles. The van der Waals surface area contributed by atoms with Crippen molar-refractivity contribution < 1.29 is 13.2 Å². The molecule has 0 aliphatic carbocycles. The number of nitrogens with one attached hydrogen (secondary N) is 1. The Hall–Kier alpha value is -1.67. The molecule has 1 N–H and O–H groups in total. The van der Waals surface area contributed by atoms with Gasteiger partial charge in [-0.3, -0.25) is 9.69 Å². The molecule has 0 spiro atoms. The van der Waals surface area contributed by atoms with Crippen LogP contribution in [0.15, 0.2) is 23.4 Å². The summed E-state index contributed by atoms with van der Waals surface area (Å²) < 4.78 is 23.9. The standard InChI is InChI=1S/C16H26N4O3S/c1-16(2,3)24(22,23)15-6-5-13(11-18-15)20-9-7-19(8-10-20)12-14(21)17-4/h5-6,11H,7-10,12H2,1-4H3,(H,17,21). The Kier molecular flexibility index (Phi) is 5.49. The minimum atomic E-state index is -3.43. The first-order valence-electron chi connectivity index (χ1n) is 8.04. The summed E-state index contributed by atoms with van der Waals surface area (Å²) in [7, 11) is -1.80. The monoisotopic (exact) mass is 354 g/mol. The number of nitrogens with zero attached hydrogens (tertiary/aromatic N) is 3. The lowest BCUT2D eigenvalue weighted by atomic mass is 10.2. The van der Waals surface area contributed by atoms with Crippen molar-refractivity contribution in [3.63, 3.8) is 0 Å². The molecule has 1 aromatic heterocycles. The number of amides is 1. The fourth-order valence-electron chi connectivity index (χ4n) is 2.48. The van der Waals surface area contributed by atoms with Crippen LogP contribution in [0.25, 0.3) is 0 Å². The molecule has 0 aromatic carbocycles. The Morgan fingerprint density at radius 1 is 1.21 bits per heavy atom. The lowest BCUT2D eigenvalue weighted by Crippen LogP contribution is -2.49. The highest BCUT2D eigenvalue weighted by molar-refractivity contribution is 7.92. The van der Waals surface area contributed by atoms with E-state index >= 15 is 0 Å². The molecule has 8 heteroatoms. The molecule has 134 valence electrons. The van der Waals surface area contributed by atoms with Gasteiger partial charge < -0.3 is 10.2 Å². The molecule has 24 heavy (non-hydrogen) atoms. The molecule has 1 aliphatic rings. The fourth-order valence-corrected chi connectivity index (χ4v) is 3.54. The number of aromatic nitrogens is 1. The number of carbonyl (C=O) groups is 1. The number of hydrogen-bond acceptors (Lipinski definition) is 6. The average molecular weight is 354 g/mol. The second-order valence-electron chi connectivity index (χ2n) is 6.91. The highest BCUT2D eigenvalue weighted by Gasteiger charge is 2.32. The van der Waals surface area contributed by atoms with E-state index in [1.807, 2.05) is 0 Å². The Morgan fingerprint density at radius 3 is 2.29 bits per heavy atom. The van der Waals surface area contributed by atoms with Gasteiger partial charge in [-0.1, -0.05) is 0 Å². The van der Waals surface area contributed by atoms with Gasteiger partial charge in [-0.25, -0.2) is 13.4 Å². The van der Waals surface area contributed by atoms with Gasteiger partial charge in [0.1, 0.15) is 0 Å². The summed E-state index contributed by atoms with van der Waals surface area (Å²) in [4.78, 5) is 19.8. The predicted octanol–water partition coefficient (Wildman–Crippen LogP) is 0.522. The van der Waals surface area contributed by atoms with Crippen LogP contribution in [0.2, 0.25) is 0 Å². The van der Waals surface area contributed by atoms with Crippen LogP contribution in [0.3, 0.4) is 0 Å². The van der Waals surface area contributed by atoms with Crippen molar-refractivity contribution in [1.29, 1.82) is 0 Å². The maximum atomic E-state index is 12.4. The molecule has 1 amide bonds. The largest absolute Gasteiger partial charge is 0.368 e. The van der Waals surface area contributed by atoms with Gasteiger partial charge in [-0.2, -0.15) is 0 Å². The topological polar surface area (TPSA) is 82.6 Å². The lowest BCUT2D eigenvalue weighted by Gasteiger charge is -2.35. The summed E-state index contributed by atoms with van der Waals surface area (Å²) in [6.07, 6.45) is 1.62. The Bertz CT molecular complexity index is 672. The van der Waals surface area contributed by atoms with Crippen molar-refractivity contribution >= 4 is 21.4 Å². The van der Waals surface area contributed by atoms with Crippen LogP contribution < -0.4 is 10.2 Å². The Balaban J connectivity index is 2.02. The van der Waals surface area contributed by atoms with E-state index in [0.717, 1.165) is 31.9 Å². The van der Waals surface area contributed by atoms with Crippen molar-refractivity contribution in [2.75, 3.05) is 44.7 Å². The third-order valence-electron chi connectivity index (χ3n) is 4.19. The van der Waals surface area contributed by atoms with Gasteiger partial charge in [-0.05, 0) is 32.9 Å². The highest BCUT2D eigenvalue weighted by Crippen LogP contribution is 2.25. The molecule has 7 nitrogen and oxygen atoms in total. The van der Waals surface area contributed by atoms with Crippen molar-refractivity contribution in [3.8, 4) is 0 Å². The number of likely N-dealkylation sites (N-methyl/N-ethyl adjacent to an activating group) is 1. The minimum Gasteiger partial charge on any atom is -0.368 e. The summed E-state index contributed by atoms with van der Waals surface area (Å²) in [5.74, 6) is 0.0156. The van der Waals surface area contributed by atoms with E-state index in [2.05, 4.69) is 20.1 Å². The van der Waals surface area contributed by atoms with Gasteiger partial charge >= 0.3 is 0 Å². The average Bonchev–Trinajstić information content (AvgIpc) is 2.54. The molecule has 1 fully saturated rings. The van der Waals surface area contributed by atoms with Crippen molar-refractivity contribution in [3.05, 3.63) is 18.3 Å². The van der Waals surface area contributed by atoms with E-state index in [1.165, 1.54) is 0 Å². The van der Waals surface area contributed by atoms with E-state index in [9.17, 15) is 13.2 Å². The second-order valence-corrected chi connectivity index (χ2v) is 9.56. The molecule has 0 unspecified atom stereocenters. The van der Waals surface area contributed by atoms with Gasteiger partial charge in [0, 0.05) is 33.2 Å². The first kappa shape index (κ1) is 18.7. The number of pyridine rings is 1. The third kappa shape index (κ3) is 4.05. The summed E-state index contributed by atoms with van der Waals surface area (Å²) in [5, 5.41) is 2.73. The summed E-state index contributed by atoms with van der Waals surface area (Å²) >= 11 is 0. The summed E-state index contributed by atoms with van der Waals surface area (Å²) in [6.45, 7) is 8.56. The number of anilines is 1. The van der Waals surface area contributed by atoms with E-state index in [0.29, 0.717) is 6.54 Å². The Labute approximate surface area is 144 Å². The van der Waals surface area contributed by atoms with Crippen LogP contribution in [-0.2, 0) is 14.6 Å². The van der Waals surface area contributed by atoms with Crippen molar-refractivity contribution in [2.45, 2.75) is 30.5 Å². The molecule has 0 atom stereocenters. The minimum absolute atomic E-state index is 0.0156. The van der Waals surface area contributed by atoms with Crippen molar-refractivity contribution in [1.82, 2.24) is 15.2 Å². The summed E-state index contributed by atoms with van der Waals surface area (Å²) in [5.41, 5.74) is 0.905. The summed E-state index contributed by atoms with van der Waals surface area (Å²) in [6, 6.07) is 3.38. The Morgan fingerprint density at radius 2 is 1.83 bits per heavy atom. The number of rotatable bonds is 4. The molecule has 0 bridgehead atoms. The molecule has 0 saturated carbocycles. The van der Waals surface area contributed by atoms with E-state index < -0.39 is 14.6 Å². The van der Waals surface area contributed by atoms with Gasteiger partial charge in [-0.15, -0.1) is 0 Å². The van der Waals surface area contributed by atoms with Crippen molar-refractivity contribution in [2.24, 2.45) is 0 Å². The van der Waals surface area contributed by atoms with Gasteiger partial charge in [0.25, 0.3) is 0 Å². The van der Waals surface area contributed by atoms with Gasteiger partial charge in [0.05, 0.1) is 23.2 Å². The quantitative estimate of drug-likeness (QED) is 0.849. The van der Waals surface area contributed by atoms with Crippen LogP contribution in [0, 0.1) is 0 Å². The fraction of sp³-hybridized carbons (Fsp3) is 0.625. The molecule has 1 aromatic rings. The molecular formula is C16H26N4O3S. The second kappa shape index (κ2) is 7.06. The number of hydrogen-bond donors (Lipinski definition) is 1. The van der Waals surface area contributed by atoms with Crippen LogP contribution in [0.1, 0.15) is 20.8 Å². The van der Waals surface area contributed by atoms with Gasteiger partial charge in [0.2, 0.25) is 5.91 Å². The van der Waals surface area contributed by atoms with E-state index in [4.69, 9.17) is 0 Å². The zero-order valence-electron chi connectivity index (χ0n) is 14.7. The zero-order valence-corrected chi connectivity index (χ0v) is 15.6. The van der Waals surface area contributed by atoms with E-state index in [1.54, 1.807) is 46.1 Å². The van der Waals surface area contributed by atoms with E-state index in [-0.39, 0.29) is 10.9 Å². The molecular weight excluding hydrogens is 328 g/mol. The highest BCUT2D eigenvalue weighted by atomic mass is 32.2. The predicted molar refractivity (Wildman–Crippen MR) is 93.9 cm³/mol. The number of sulfone groups is 1. The molecule has 0 radical (unpaired) electrons. The first-order valence-corrected chi connectivity index (χ1v) is 9.52. The number of piperazine rings is 1. The third-order valence-corrected chi connectivity index (χ3v) is 6.59. The number of carbonyl (C=O) groups excluding carboxylic acids is 1. The SMILES string of the molecule is CNC(=O)CN1CCN(c2ccc(S(=O)(=O)C(C)(C)C)nc2)CC1.